The summed E-state index contributed by atoms with van der Waals surface area (Å²) in [4.78, 5) is 0. The van der Waals surface area contributed by atoms with Crippen LogP contribution in [0.4, 0.5) is 4.39 Å². The molecule has 0 saturated carbocycles. The van der Waals surface area contributed by atoms with Crippen LogP contribution in [0.15, 0.2) is 40.9 Å². The van der Waals surface area contributed by atoms with Crippen molar-refractivity contribution in [3.05, 3.63) is 56.9 Å². The lowest BCUT2D eigenvalue weighted by Crippen LogP contribution is -1.94. The number of fused-ring (bicyclic) bond motifs is 1. The molecule has 0 atom stereocenters. The van der Waals surface area contributed by atoms with Gasteiger partial charge in [0.25, 0.3) is 0 Å². The van der Waals surface area contributed by atoms with Crippen LogP contribution in [-0.4, -0.2) is 10.2 Å². The van der Waals surface area contributed by atoms with E-state index in [0.29, 0.717) is 15.2 Å². The molecule has 2 aromatic carbocycles. The topological polar surface area (TPSA) is 35.0 Å². The fourth-order valence-corrected chi connectivity index (χ4v) is 2.73. The molecule has 106 valence electrons. The highest BCUT2D eigenvalue weighted by Crippen LogP contribution is 2.36. The Balaban J connectivity index is 2.11. The SMILES string of the molecule is Fc1cc(Oc2nnc(Cl)c3ccccc23)c(Br)cc1Cl. The lowest BCUT2D eigenvalue weighted by molar-refractivity contribution is 0.454. The van der Waals surface area contributed by atoms with Crippen molar-refractivity contribution in [3.63, 3.8) is 0 Å². The largest absolute Gasteiger partial charge is 0.436 e. The van der Waals surface area contributed by atoms with E-state index in [1.54, 1.807) is 12.1 Å². The molecule has 0 spiro atoms. The van der Waals surface area contributed by atoms with E-state index < -0.39 is 5.82 Å². The minimum absolute atomic E-state index is 0.00118. The van der Waals surface area contributed by atoms with Gasteiger partial charge in [-0.1, -0.05) is 41.4 Å². The Morgan fingerprint density at radius 3 is 2.52 bits per heavy atom. The molecular weight excluding hydrogens is 382 g/mol. The second-order valence-corrected chi connectivity index (χ2v) is 5.76. The molecule has 3 nitrogen and oxygen atoms in total. The van der Waals surface area contributed by atoms with Gasteiger partial charge in [-0.15, -0.1) is 10.2 Å². The number of benzene rings is 2. The molecule has 7 heteroatoms. The summed E-state index contributed by atoms with van der Waals surface area (Å²) in [5, 5.41) is 9.40. The molecule has 3 aromatic rings. The van der Waals surface area contributed by atoms with Crippen LogP contribution in [0.2, 0.25) is 10.2 Å². The number of hydrogen-bond acceptors (Lipinski definition) is 3. The van der Waals surface area contributed by atoms with Crippen molar-refractivity contribution in [2.75, 3.05) is 0 Å². The number of halogens is 4. The summed E-state index contributed by atoms with van der Waals surface area (Å²) < 4.78 is 19.7. The van der Waals surface area contributed by atoms with Crippen molar-refractivity contribution in [1.29, 1.82) is 0 Å². The third kappa shape index (κ3) is 2.81. The molecule has 3 rings (SSSR count). The fraction of sp³-hybridized carbons (Fsp3) is 0. The highest BCUT2D eigenvalue weighted by Gasteiger charge is 2.13. The van der Waals surface area contributed by atoms with E-state index in [1.807, 2.05) is 12.1 Å². The summed E-state index contributed by atoms with van der Waals surface area (Å²) in [6, 6.07) is 9.85. The van der Waals surface area contributed by atoms with Gasteiger partial charge in [0.2, 0.25) is 5.88 Å². The van der Waals surface area contributed by atoms with E-state index in [0.717, 1.165) is 0 Å². The second kappa shape index (κ2) is 5.75. The Kier molecular flexibility index (Phi) is 3.97. The van der Waals surface area contributed by atoms with Gasteiger partial charge in [-0.05, 0) is 28.1 Å². The van der Waals surface area contributed by atoms with Gasteiger partial charge in [-0.3, -0.25) is 0 Å². The van der Waals surface area contributed by atoms with Crippen LogP contribution < -0.4 is 4.74 Å². The van der Waals surface area contributed by atoms with Crippen LogP contribution in [0.5, 0.6) is 11.6 Å². The Morgan fingerprint density at radius 1 is 1.05 bits per heavy atom. The first-order valence-electron chi connectivity index (χ1n) is 5.79. The molecule has 21 heavy (non-hydrogen) atoms. The minimum atomic E-state index is -0.582. The van der Waals surface area contributed by atoms with Crippen molar-refractivity contribution in [2.45, 2.75) is 0 Å². The van der Waals surface area contributed by atoms with E-state index in [1.165, 1.54) is 12.1 Å². The summed E-state index contributed by atoms with van der Waals surface area (Å²) in [6.45, 7) is 0. The number of nitrogens with zero attached hydrogens (tertiary/aromatic N) is 2. The van der Waals surface area contributed by atoms with Gasteiger partial charge >= 0.3 is 0 Å². The highest BCUT2D eigenvalue weighted by molar-refractivity contribution is 9.10. The van der Waals surface area contributed by atoms with Crippen LogP contribution in [0.25, 0.3) is 10.8 Å². The quantitative estimate of drug-likeness (QED) is 0.534. The van der Waals surface area contributed by atoms with E-state index in [-0.39, 0.29) is 21.8 Å². The molecule has 1 heterocycles. The average Bonchev–Trinajstić information content (AvgIpc) is 2.48. The Morgan fingerprint density at radius 2 is 1.76 bits per heavy atom. The van der Waals surface area contributed by atoms with E-state index in [4.69, 9.17) is 27.9 Å². The van der Waals surface area contributed by atoms with Gasteiger partial charge in [0.15, 0.2) is 5.15 Å². The summed E-state index contributed by atoms with van der Waals surface area (Å²) in [6.07, 6.45) is 0. The van der Waals surface area contributed by atoms with Crippen molar-refractivity contribution in [3.8, 4) is 11.6 Å². The third-order valence-corrected chi connectivity index (χ3v) is 3.98. The Bertz CT molecular complexity index is 845. The predicted octanol–water partition coefficient (Wildman–Crippen LogP) is 5.63. The summed E-state index contributed by atoms with van der Waals surface area (Å²) in [5.74, 6) is -0.0998. The van der Waals surface area contributed by atoms with Crippen LogP contribution >= 0.6 is 39.1 Å². The Labute approximate surface area is 137 Å². The van der Waals surface area contributed by atoms with Crippen LogP contribution in [0.1, 0.15) is 0 Å². The highest BCUT2D eigenvalue weighted by atomic mass is 79.9. The van der Waals surface area contributed by atoms with E-state index in [2.05, 4.69) is 26.1 Å². The molecular formula is C14H6BrCl2FN2O. The van der Waals surface area contributed by atoms with Crippen molar-refractivity contribution >= 4 is 49.9 Å². The van der Waals surface area contributed by atoms with Gasteiger partial charge in [-0.25, -0.2) is 4.39 Å². The van der Waals surface area contributed by atoms with E-state index in [9.17, 15) is 4.39 Å². The zero-order valence-corrected chi connectivity index (χ0v) is 13.4. The maximum atomic E-state index is 13.6. The van der Waals surface area contributed by atoms with Crippen molar-refractivity contribution in [2.24, 2.45) is 0 Å². The van der Waals surface area contributed by atoms with E-state index >= 15 is 0 Å². The molecule has 0 saturated heterocycles. The number of hydrogen-bond donors (Lipinski definition) is 0. The van der Waals surface area contributed by atoms with Gasteiger partial charge in [0, 0.05) is 16.8 Å². The van der Waals surface area contributed by atoms with Gasteiger partial charge in [-0.2, -0.15) is 0 Å². The molecule has 0 unspecified atom stereocenters. The monoisotopic (exact) mass is 386 g/mol. The number of aromatic nitrogens is 2. The molecule has 0 aliphatic heterocycles. The lowest BCUT2D eigenvalue weighted by atomic mass is 10.2. The molecule has 0 N–H and O–H groups in total. The molecule has 0 bridgehead atoms. The molecule has 0 fully saturated rings. The minimum Gasteiger partial charge on any atom is -0.436 e. The number of ether oxygens (including phenoxy) is 1. The third-order valence-electron chi connectivity index (χ3n) is 2.79. The zero-order valence-electron chi connectivity index (χ0n) is 10.3. The van der Waals surface area contributed by atoms with Gasteiger partial charge in [0.05, 0.1) is 9.50 Å². The lowest BCUT2D eigenvalue weighted by Gasteiger charge is -2.10. The summed E-state index contributed by atoms with van der Waals surface area (Å²) >= 11 is 15.0. The maximum absolute atomic E-state index is 13.6. The number of rotatable bonds is 2. The average molecular weight is 388 g/mol. The molecule has 0 aliphatic carbocycles. The predicted molar refractivity (Wildman–Crippen MR) is 83.7 cm³/mol. The first kappa shape index (κ1) is 14.5. The van der Waals surface area contributed by atoms with Crippen LogP contribution in [-0.2, 0) is 0 Å². The van der Waals surface area contributed by atoms with Crippen molar-refractivity contribution in [1.82, 2.24) is 10.2 Å². The van der Waals surface area contributed by atoms with Crippen LogP contribution in [0, 0.1) is 5.82 Å². The first-order chi connectivity index (χ1) is 10.1. The molecule has 0 amide bonds. The smallest absolute Gasteiger partial charge is 0.246 e. The molecule has 0 radical (unpaired) electrons. The Hall–Kier alpha value is -1.43. The van der Waals surface area contributed by atoms with Crippen molar-refractivity contribution < 1.29 is 9.13 Å². The standard InChI is InChI=1S/C14H6BrCl2FN2O/c15-9-5-10(16)11(18)6-12(9)21-14-8-4-2-1-3-7(8)13(17)19-20-14/h1-6H. The molecule has 1 aromatic heterocycles. The van der Waals surface area contributed by atoms with Crippen LogP contribution in [0.3, 0.4) is 0 Å². The zero-order chi connectivity index (χ0) is 15.0. The normalized spacial score (nSPS) is 10.9. The second-order valence-electron chi connectivity index (χ2n) is 4.14. The summed E-state index contributed by atoms with van der Waals surface area (Å²) in [5.41, 5.74) is 0. The van der Waals surface area contributed by atoms with Gasteiger partial charge < -0.3 is 4.74 Å². The summed E-state index contributed by atoms with van der Waals surface area (Å²) in [7, 11) is 0. The first-order valence-corrected chi connectivity index (χ1v) is 7.34. The fourth-order valence-electron chi connectivity index (χ4n) is 1.81. The maximum Gasteiger partial charge on any atom is 0.246 e. The van der Waals surface area contributed by atoms with Gasteiger partial charge in [0.1, 0.15) is 11.6 Å². The molecule has 0 aliphatic rings.